The van der Waals surface area contributed by atoms with Crippen molar-refractivity contribution in [3.63, 3.8) is 0 Å². The van der Waals surface area contributed by atoms with E-state index in [1.54, 1.807) is 0 Å². The van der Waals surface area contributed by atoms with Crippen molar-refractivity contribution in [1.82, 2.24) is 9.80 Å². The predicted octanol–water partition coefficient (Wildman–Crippen LogP) is 2.20. The SMILES string of the molecule is CCCC.CN1CC2CCC(C1)N2C. The number of fused-ring (bicyclic) bond motifs is 2. The summed E-state index contributed by atoms with van der Waals surface area (Å²) in [7, 11) is 4.51. The van der Waals surface area contributed by atoms with E-state index >= 15 is 0 Å². The third-order valence-corrected chi connectivity index (χ3v) is 3.53. The lowest BCUT2D eigenvalue weighted by molar-refractivity contribution is 0.107. The average molecular weight is 198 g/mol. The van der Waals surface area contributed by atoms with E-state index in [0.29, 0.717) is 0 Å². The first-order chi connectivity index (χ1) is 6.69. The van der Waals surface area contributed by atoms with E-state index < -0.39 is 0 Å². The van der Waals surface area contributed by atoms with Crippen molar-refractivity contribution >= 4 is 0 Å². The normalized spacial score (nSPS) is 32.6. The molecule has 2 heteroatoms. The number of piperazine rings is 1. The number of rotatable bonds is 1. The Kier molecular flexibility index (Phi) is 4.90. The molecular weight excluding hydrogens is 172 g/mol. The third-order valence-electron chi connectivity index (χ3n) is 3.53. The summed E-state index contributed by atoms with van der Waals surface area (Å²) >= 11 is 0. The van der Waals surface area contributed by atoms with E-state index in [2.05, 4.69) is 37.7 Å². The van der Waals surface area contributed by atoms with Crippen molar-refractivity contribution in [1.29, 1.82) is 0 Å². The Hall–Kier alpha value is -0.0800. The smallest absolute Gasteiger partial charge is 0.0224 e. The monoisotopic (exact) mass is 198 g/mol. The summed E-state index contributed by atoms with van der Waals surface area (Å²) in [5.41, 5.74) is 0. The number of hydrogen-bond acceptors (Lipinski definition) is 2. The Labute approximate surface area is 89.3 Å². The fourth-order valence-corrected chi connectivity index (χ4v) is 2.32. The lowest BCUT2D eigenvalue weighted by Crippen LogP contribution is -2.50. The summed E-state index contributed by atoms with van der Waals surface area (Å²) in [5.74, 6) is 0. The molecule has 2 saturated heterocycles. The first kappa shape index (κ1) is 12.0. The van der Waals surface area contributed by atoms with E-state index in [4.69, 9.17) is 0 Å². The van der Waals surface area contributed by atoms with Gasteiger partial charge in [0.15, 0.2) is 0 Å². The van der Waals surface area contributed by atoms with Crippen LogP contribution in [0.1, 0.15) is 39.5 Å². The third kappa shape index (κ3) is 2.96. The maximum atomic E-state index is 2.56. The number of nitrogens with zero attached hydrogens (tertiary/aromatic N) is 2. The first-order valence-corrected chi connectivity index (χ1v) is 6.09. The summed E-state index contributed by atoms with van der Waals surface area (Å²) in [6.45, 7) is 6.93. The molecule has 2 heterocycles. The number of likely N-dealkylation sites (tertiary alicyclic amines) is 1. The van der Waals surface area contributed by atoms with Gasteiger partial charge in [0.1, 0.15) is 0 Å². The van der Waals surface area contributed by atoms with Crippen LogP contribution in [-0.2, 0) is 0 Å². The topological polar surface area (TPSA) is 6.48 Å². The summed E-state index contributed by atoms with van der Waals surface area (Å²) in [4.78, 5) is 5.02. The van der Waals surface area contributed by atoms with Crippen molar-refractivity contribution in [2.45, 2.75) is 51.6 Å². The highest BCUT2D eigenvalue weighted by atomic mass is 15.3. The van der Waals surface area contributed by atoms with Gasteiger partial charge in [0, 0.05) is 25.2 Å². The molecule has 0 aromatic heterocycles. The van der Waals surface area contributed by atoms with E-state index in [-0.39, 0.29) is 0 Å². The molecule has 0 aromatic carbocycles. The highest BCUT2D eigenvalue weighted by Crippen LogP contribution is 2.27. The molecule has 2 fully saturated rings. The van der Waals surface area contributed by atoms with E-state index in [9.17, 15) is 0 Å². The maximum absolute atomic E-state index is 2.56. The number of hydrogen-bond donors (Lipinski definition) is 0. The van der Waals surface area contributed by atoms with Crippen molar-refractivity contribution in [2.75, 3.05) is 27.2 Å². The van der Waals surface area contributed by atoms with Crippen LogP contribution in [0.3, 0.4) is 0 Å². The highest BCUT2D eigenvalue weighted by molar-refractivity contribution is 4.92. The van der Waals surface area contributed by atoms with Gasteiger partial charge in [0.05, 0.1) is 0 Å². The fourth-order valence-electron chi connectivity index (χ4n) is 2.32. The van der Waals surface area contributed by atoms with Gasteiger partial charge in [-0.1, -0.05) is 26.7 Å². The van der Waals surface area contributed by atoms with Crippen LogP contribution in [0.4, 0.5) is 0 Å². The number of unbranched alkanes of at least 4 members (excludes halogenated alkanes) is 1. The molecule has 2 atom stereocenters. The molecule has 2 rings (SSSR count). The van der Waals surface area contributed by atoms with Crippen LogP contribution in [0, 0.1) is 0 Å². The van der Waals surface area contributed by atoms with E-state index in [1.165, 1.54) is 38.8 Å². The van der Waals surface area contributed by atoms with Crippen LogP contribution in [0.5, 0.6) is 0 Å². The zero-order valence-electron chi connectivity index (χ0n) is 10.3. The second-order valence-corrected chi connectivity index (χ2v) is 4.77. The molecule has 2 aliphatic rings. The minimum Gasteiger partial charge on any atom is -0.303 e. The van der Waals surface area contributed by atoms with Crippen LogP contribution in [0.25, 0.3) is 0 Å². The molecule has 2 unspecified atom stereocenters. The first-order valence-electron chi connectivity index (χ1n) is 6.09. The summed E-state index contributed by atoms with van der Waals surface area (Å²) in [6.07, 6.45) is 5.48. The highest BCUT2D eigenvalue weighted by Gasteiger charge is 2.35. The second-order valence-electron chi connectivity index (χ2n) is 4.77. The minimum atomic E-state index is 0.865. The van der Waals surface area contributed by atoms with Crippen LogP contribution in [0.2, 0.25) is 0 Å². The van der Waals surface area contributed by atoms with Gasteiger partial charge in [-0.2, -0.15) is 0 Å². The van der Waals surface area contributed by atoms with Crippen molar-refractivity contribution < 1.29 is 0 Å². The fraction of sp³-hybridized carbons (Fsp3) is 1.00. The molecule has 0 radical (unpaired) electrons. The van der Waals surface area contributed by atoms with Crippen LogP contribution >= 0.6 is 0 Å². The molecule has 0 aliphatic carbocycles. The van der Waals surface area contributed by atoms with Gasteiger partial charge in [0.25, 0.3) is 0 Å². The van der Waals surface area contributed by atoms with Crippen LogP contribution < -0.4 is 0 Å². The van der Waals surface area contributed by atoms with E-state index in [1.807, 2.05) is 0 Å². The lowest BCUT2D eigenvalue weighted by Gasteiger charge is -2.36. The molecule has 0 N–H and O–H groups in total. The zero-order chi connectivity index (χ0) is 10.6. The maximum Gasteiger partial charge on any atom is 0.0224 e. The van der Waals surface area contributed by atoms with Gasteiger partial charge in [-0.25, -0.2) is 0 Å². The van der Waals surface area contributed by atoms with Gasteiger partial charge in [-0.3, -0.25) is 4.90 Å². The molecule has 84 valence electrons. The molecule has 2 nitrogen and oxygen atoms in total. The standard InChI is InChI=1S/C8H16N2.C4H10/c1-9-5-7-3-4-8(6-9)10(7)2;1-3-4-2/h7-8H,3-6H2,1-2H3;3-4H2,1-2H3. The van der Waals surface area contributed by atoms with Crippen LogP contribution in [-0.4, -0.2) is 49.1 Å². The second kappa shape index (κ2) is 5.72. The van der Waals surface area contributed by atoms with Gasteiger partial charge in [0.2, 0.25) is 0 Å². The molecule has 0 spiro atoms. The van der Waals surface area contributed by atoms with Crippen molar-refractivity contribution in [2.24, 2.45) is 0 Å². The quantitative estimate of drug-likeness (QED) is 0.637. The molecular formula is C12H26N2. The molecule has 14 heavy (non-hydrogen) atoms. The zero-order valence-corrected chi connectivity index (χ0v) is 10.3. The summed E-state index contributed by atoms with van der Waals surface area (Å²) in [6, 6.07) is 1.73. The largest absolute Gasteiger partial charge is 0.303 e. The molecule has 0 saturated carbocycles. The lowest BCUT2D eigenvalue weighted by atomic mass is 10.2. The Morgan fingerprint density at radius 3 is 1.71 bits per heavy atom. The minimum absolute atomic E-state index is 0.865. The molecule has 2 aliphatic heterocycles. The predicted molar refractivity (Wildman–Crippen MR) is 62.7 cm³/mol. The van der Waals surface area contributed by atoms with Crippen molar-refractivity contribution in [3.8, 4) is 0 Å². The summed E-state index contributed by atoms with van der Waals surface area (Å²) in [5, 5.41) is 0. The average Bonchev–Trinajstić information content (AvgIpc) is 2.43. The van der Waals surface area contributed by atoms with Gasteiger partial charge < -0.3 is 4.90 Å². The summed E-state index contributed by atoms with van der Waals surface area (Å²) < 4.78 is 0. The van der Waals surface area contributed by atoms with Gasteiger partial charge in [-0.15, -0.1) is 0 Å². The molecule has 0 aromatic rings. The van der Waals surface area contributed by atoms with E-state index in [0.717, 1.165) is 12.1 Å². The Balaban J connectivity index is 0.000000213. The molecule has 2 bridgehead atoms. The Bertz CT molecular complexity index is 142. The van der Waals surface area contributed by atoms with Gasteiger partial charge in [-0.05, 0) is 26.9 Å². The Morgan fingerprint density at radius 2 is 1.36 bits per heavy atom. The Morgan fingerprint density at radius 1 is 0.929 bits per heavy atom. The van der Waals surface area contributed by atoms with Crippen LogP contribution in [0.15, 0.2) is 0 Å². The number of likely N-dealkylation sites (N-methyl/N-ethyl adjacent to an activating group) is 2. The molecule has 0 amide bonds. The van der Waals surface area contributed by atoms with Gasteiger partial charge >= 0.3 is 0 Å². The van der Waals surface area contributed by atoms with Crippen molar-refractivity contribution in [3.05, 3.63) is 0 Å².